The zero-order valence-electron chi connectivity index (χ0n) is 10.0. The smallest absolute Gasteiger partial charge is 0.222 e. The highest BCUT2D eigenvalue weighted by molar-refractivity contribution is 5.76. The van der Waals surface area contributed by atoms with Crippen LogP contribution in [0.15, 0.2) is 0 Å². The Hall–Kier alpha value is -0.570. The van der Waals surface area contributed by atoms with E-state index in [2.05, 4.69) is 0 Å². The molecule has 0 spiro atoms. The van der Waals surface area contributed by atoms with Crippen LogP contribution in [-0.2, 0) is 4.79 Å². The lowest BCUT2D eigenvalue weighted by atomic mass is 9.83. The SMILES string of the molecule is CCN(CC)C(=O)CC1CCCCC1N. The van der Waals surface area contributed by atoms with Crippen LogP contribution in [0.4, 0.5) is 0 Å². The lowest BCUT2D eigenvalue weighted by molar-refractivity contribution is -0.132. The number of amides is 1. The summed E-state index contributed by atoms with van der Waals surface area (Å²) in [4.78, 5) is 13.8. The second-order valence-electron chi connectivity index (χ2n) is 4.48. The molecular weight excluding hydrogens is 188 g/mol. The molecule has 1 amide bonds. The van der Waals surface area contributed by atoms with Gasteiger partial charge in [0, 0.05) is 25.6 Å². The molecule has 0 saturated heterocycles. The van der Waals surface area contributed by atoms with Crippen molar-refractivity contribution < 1.29 is 4.79 Å². The van der Waals surface area contributed by atoms with Crippen LogP contribution in [-0.4, -0.2) is 29.9 Å². The van der Waals surface area contributed by atoms with Gasteiger partial charge in [0.25, 0.3) is 0 Å². The normalized spacial score (nSPS) is 26.3. The first kappa shape index (κ1) is 12.5. The van der Waals surface area contributed by atoms with Crippen LogP contribution in [0.5, 0.6) is 0 Å². The molecule has 2 unspecified atom stereocenters. The third-order valence-electron chi connectivity index (χ3n) is 3.52. The van der Waals surface area contributed by atoms with Crippen molar-refractivity contribution in [3.63, 3.8) is 0 Å². The van der Waals surface area contributed by atoms with Gasteiger partial charge in [-0.15, -0.1) is 0 Å². The number of hydrogen-bond acceptors (Lipinski definition) is 2. The van der Waals surface area contributed by atoms with E-state index in [0.717, 1.165) is 25.9 Å². The molecule has 2 atom stereocenters. The monoisotopic (exact) mass is 212 g/mol. The van der Waals surface area contributed by atoms with Crippen LogP contribution in [0.2, 0.25) is 0 Å². The van der Waals surface area contributed by atoms with Gasteiger partial charge in [-0.25, -0.2) is 0 Å². The Morgan fingerprint density at radius 1 is 1.27 bits per heavy atom. The Labute approximate surface area is 93.0 Å². The quantitative estimate of drug-likeness (QED) is 0.772. The first-order valence-electron chi connectivity index (χ1n) is 6.22. The van der Waals surface area contributed by atoms with Gasteiger partial charge < -0.3 is 10.6 Å². The van der Waals surface area contributed by atoms with Crippen LogP contribution in [0.25, 0.3) is 0 Å². The number of rotatable bonds is 4. The lowest BCUT2D eigenvalue weighted by Crippen LogP contribution is -2.38. The molecule has 0 aromatic heterocycles. The molecule has 1 aliphatic carbocycles. The van der Waals surface area contributed by atoms with Gasteiger partial charge in [0.2, 0.25) is 5.91 Å². The molecule has 1 saturated carbocycles. The summed E-state index contributed by atoms with van der Waals surface area (Å²) in [6.45, 7) is 5.69. The average molecular weight is 212 g/mol. The summed E-state index contributed by atoms with van der Waals surface area (Å²) in [5.41, 5.74) is 6.04. The first-order valence-corrected chi connectivity index (χ1v) is 6.22. The van der Waals surface area contributed by atoms with Gasteiger partial charge in [0.05, 0.1) is 0 Å². The topological polar surface area (TPSA) is 46.3 Å². The molecule has 1 aliphatic rings. The third kappa shape index (κ3) is 3.49. The van der Waals surface area contributed by atoms with E-state index in [0.29, 0.717) is 12.3 Å². The van der Waals surface area contributed by atoms with Crippen LogP contribution < -0.4 is 5.73 Å². The van der Waals surface area contributed by atoms with Gasteiger partial charge in [-0.05, 0) is 32.6 Å². The van der Waals surface area contributed by atoms with Crippen molar-refractivity contribution in [2.75, 3.05) is 13.1 Å². The minimum absolute atomic E-state index is 0.248. The summed E-state index contributed by atoms with van der Waals surface area (Å²) < 4.78 is 0. The molecule has 0 aliphatic heterocycles. The van der Waals surface area contributed by atoms with Crippen molar-refractivity contribution in [2.24, 2.45) is 11.7 Å². The minimum Gasteiger partial charge on any atom is -0.343 e. The van der Waals surface area contributed by atoms with Gasteiger partial charge in [-0.2, -0.15) is 0 Å². The van der Waals surface area contributed by atoms with Crippen molar-refractivity contribution in [3.8, 4) is 0 Å². The molecule has 0 aromatic carbocycles. The third-order valence-corrected chi connectivity index (χ3v) is 3.52. The molecule has 1 fully saturated rings. The summed E-state index contributed by atoms with van der Waals surface area (Å²) in [6, 6.07) is 0.248. The zero-order valence-corrected chi connectivity index (χ0v) is 10.0. The lowest BCUT2D eigenvalue weighted by Gasteiger charge is -2.30. The summed E-state index contributed by atoms with van der Waals surface area (Å²) in [5, 5.41) is 0. The van der Waals surface area contributed by atoms with Crippen LogP contribution in [0.1, 0.15) is 46.0 Å². The van der Waals surface area contributed by atoms with E-state index in [1.54, 1.807) is 0 Å². The fourth-order valence-corrected chi connectivity index (χ4v) is 2.42. The largest absolute Gasteiger partial charge is 0.343 e. The van der Waals surface area contributed by atoms with E-state index < -0.39 is 0 Å². The van der Waals surface area contributed by atoms with Gasteiger partial charge in [0.1, 0.15) is 0 Å². The number of hydrogen-bond donors (Lipinski definition) is 1. The highest BCUT2D eigenvalue weighted by Crippen LogP contribution is 2.26. The maximum absolute atomic E-state index is 11.9. The summed E-state index contributed by atoms with van der Waals surface area (Å²) in [5.74, 6) is 0.703. The fraction of sp³-hybridized carbons (Fsp3) is 0.917. The molecule has 2 N–H and O–H groups in total. The second-order valence-corrected chi connectivity index (χ2v) is 4.48. The summed E-state index contributed by atoms with van der Waals surface area (Å²) in [7, 11) is 0. The maximum Gasteiger partial charge on any atom is 0.222 e. The zero-order chi connectivity index (χ0) is 11.3. The Bertz CT molecular complexity index is 202. The van der Waals surface area contributed by atoms with Gasteiger partial charge in [-0.3, -0.25) is 4.79 Å². The van der Waals surface area contributed by atoms with Crippen molar-refractivity contribution in [1.82, 2.24) is 4.90 Å². The fourth-order valence-electron chi connectivity index (χ4n) is 2.42. The molecule has 88 valence electrons. The maximum atomic E-state index is 11.9. The van der Waals surface area contributed by atoms with Crippen molar-refractivity contribution >= 4 is 5.91 Å². The van der Waals surface area contributed by atoms with E-state index >= 15 is 0 Å². The number of nitrogens with zero attached hydrogens (tertiary/aromatic N) is 1. The van der Waals surface area contributed by atoms with E-state index in [4.69, 9.17) is 5.73 Å². The van der Waals surface area contributed by atoms with E-state index in [-0.39, 0.29) is 11.9 Å². The number of carbonyl (C=O) groups excluding carboxylic acids is 1. The van der Waals surface area contributed by atoms with Crippen molar-refractivity contribution in [1.29, 1.82) is 0 Å². The predicted octanol–water partition coefficient (Wildman–Crippen LogP) is 1.76. The molecule has 1 rings (SSSR count). The van der Waals surface area contributed by atoms with Crippen LogP contribution in [0, 0.1) is 5.92 Å². The molecule has 0 bridgehead atoms. The van der Waals surface area contributed by atoms with Gasteiger partial charge in [0.15, 0.2) is 0 Å². The predicted molar refractivity (Wildman–Crippen MR) is 62.5 cm³/mol. The molecule has 0 aromatic rings. The first-order chi connectivity index (χ1) is 7.19. The number of nitrogens with two attached hydrogens (primary N) is 1. The van der Waals surface area contributed by atoms with Crippen molar-refractivity contribution in [3.05, 3.63) is 0 Å². The standard InChI is InChI=1S/C12H24N2O/c1-3-14(4-2)12(15)9-10-7-5-6-8-11(10)13/h10-11H,3-9,13H2,1-2H3. The molecule has 15 heavy (non-hydrogen) atoms. The molecule has 0 radical (unpaired) electrons. The Balaban J connectivity index is 2.41. The summed E-state index contributed by atoms with van der Waals surface area (Å²) >= 11 is 0. The highest BCUT2D eigenvalue weighted by atomic mass is 16.2. The van der Waals surface area contributed by atoms with E-state index in [9.17, 15) is 4.79 Å². The Kier molecular flexibility index (Phi) is 5.09. The second kappa shape index (κ2) is 6.11. The average Bonchev–Trinajstić information content (AvgIpc) is 2.23. The minimum atomic E-state index is 0.248. The van der Waals surface area contributed by atoms with Crippen molar-refractivity contribution in [2.45, 2.75) is 52.0 Å². The molecule has 3 nitrogen and oxygen atoms in total. The van der Waals surface area contributed by atoms with E-state index in [1.165, 1.54) is 12.8 Å². The number of carbonyl (C=O) groups is 1. The molecule has 3 heteroatoms. The van der Waals surface area contributed by atoms with Crippen LogP contribution in [0.3, 0.4) is 0 Å². The molecule has 0 heterocycles. The molecular formula is C12H24N2O. The summed E-state index contributed by atoms with van der Waals surface area (Å²) in [6.07, 6.45) is 5.36. The highest BCUT2D eigenvalue weighted by Gasteiger charge is 2.25. The Morgan fingerprint density at radius 2 is 1.87 bits per heavy atom. The van der Waals surface area contributed by atoms with Gasteiger partial charge >= 0.3 is 0 Å². The van der Waals surface area contributed by atoms with E-state index in [1.807, 2.05) is 18.7 Å². The van der Waals surface area contributed by atoms with Gasteiger partial charge in [-0.1, -0.05) is 12.8 Å². The Morgan fingerprint density at radius 3 is 2.40 bits per heavy atom. The van der Waals surface area contributed by atoms with Crippen LogP contribution >= 0.6 is 0 Å².